The van der Waals surface area contributed by atoms with Crippen LogP contribution in [0, 0.1) is 5.92 Å². The second-order valence-corrected chi connectivity index (χ2v) is 5.20. The number of para-hydroxylation sites is 1. The van der Waals surface area contributed by atoms with Crippen molar-refractivity contribution in [1.29, 1.82) is 0 Å². The summed E-state index contributed by atoms with van der Waals surface area (Å²) < 4.78 is 1.93. The molecule has 0 saturated carbocycles. The van der Waals surface area contributed by atoms with Crippen LogP contribution in [0.5, 0.6) is 0 Å². The first-order chi connectivity index (χ1) is 9.20. The van der Waals surface area contributed by atoms with Crippen molar-refractivity contribution in [2.45, 2.75) is 33.2 Å². The van der Waals surface area contributed by atoms with Crippen LogP contribution in [-0.2, 0) is 0 Å². The molecule has 0 aliphatic heterocycles. The lowest BCUT2D eigenvalue weighted by molar-refractivity contribution is 0.461. The van der Waals surface area contributed by atoms with Gasteiger partial charge < -0.3 is 5.32 Å². The second-order valence-electron chi connectivity index (χ2n) is 5.20. The smallest absolute Gasteiger partial charge is 0.0645 e. The molecule has 0 saturated heterocycles. The molecule has 3 nitrogen and oxygen atoms in total. The predicted octanol–water partition coefficient (Wildman–Crippen LogP) is 3.57. The first-order valence-electron chi connectivity index (χ1n) is 7.04. The molecule has 3 heteroatoms. The van der Waals surface area contributed by atoms with E-state index < -0.39 is 0 Å². The standard InChI is InChI=1S/C16H23N3/c1-4-13(2)10-17-14(3)15-11-18-19(12-15)16-8-6-5-7-9-16/h5-9,11-14,17H,4,10H2,1-3H3. The first-order valence-corrected chi connectivity index (χ1v) is 7.04. The van der Waals surface area contributed by atoms with Gasteiger partial charge in [0.05, 0.1) is 11.9 Å². The van der Waals surface area contributed by atoms with Crippen molar-refractivity contribution in [3.05, 3.63) is 48.3 Å². The summed E-state index contributed by atoms with van der Waals surface area (Å²) in [5.41, 5.74) is 2.33. The van der Waals surface area contributed by atoms with Gasteiger partial charge in [0.1, 0.15) is 0 Å². The maximum absolute atomic E-state index is 4.43. The van der Waals surface area contributed by atoms with Crippen molar-refractivity contribution < 1.29 is 0 Å². The van der Waals surface area contributed by atoms with Gasteiger partial charge in [-0.25, -0.2) is 4.68 Å². The lowest BCUT2D eigenvalue weighted by atomic mass is 10.1. The quantitative estimate of drug-likeness (QED) is 0.857. The zero-order valence-corrected chi connectivity index (χ0v) is 12.0. The molecule has 0 aliphatic rings. The molecule has 0 fully saturated rings. The summed E-state index contributed by atoms with van der Waals surface area (Å²) in [6.07, 6.45) is 5.26. The van der Waals surface area contributed by atoms with Crippen LogP contribution in [0.2, 0.25) is 0 Å². The number of hydrogen-bond donors (Lipinski definition) is 1. The summed E-state index contributed by atoms with van der Waals surface area (Å²) in [5, 5.41) is 7.99. The number of hydrogen-bond acceptors (Lipinski definition) is 2. The van der Waals surface area contributed by atoms with E-state index in [-0.39, 0.29) is 0 Å². The van der Waals surface area contributed by atoms with Gasteiger partial charge in [-0.2, -0.15) is 5.10 Å². The van der Waals surface area contributed by atoms with Gasteiger partial charge in [0.25, 0.3) is 0 Å². The van der Waals surface area contributed by atoms with Crippen LogP contribution in [0.15, 0.2) is 42.7 Å². The fraction of sp³-hybridized carbons (Fsp3) is 0.438. The van der Waals surface area contributed by atoms with Crippen molar-refractivity contribution in [3.63, 3.8) is 0 Å². The highest BCUT2D eigenvalue weighted by Crippen LogP contribution is 2.14. The normalized spacial score (nSPS) is 14.3. The van der Waals surface area contributed by atoms with E-state index in [1.165, 1.54) is 12.0 Å². The second kappa shape index (κ2) is 6.53. The molecule has 2 unspecified atom stereocenters. The third-order valence-corrected chi connectivity index (χ3v) is 3.59. The summed E-state index contributed by atoms with van der Waals surface area (Å²) in [4.78, 5) is 0. The van der Waals surface area contributed by atoms with Gasteiger partial charge in [-0.05, 0) is 31.5 Å². The van der Waals surface area contributed by atoms with Crippen LogP contribution in [0.4, 0.5) is 0 Å². The minimum atomic E-state index is 0.339. The molecule has 2 rings (SSSR count). The van der Waals surface area contributed by atoms with Gasteiger partial charge >= 0.3 is 0 Å². The Morgan fingerprint density at radius 3 is 2.63 bits per heavy atom. The Kier molecular flexibility index (Phi) is 4.74. The van der Waals surface area contributed by atoms with Crippen LogP contribution in [0.25, 0.3) is 5.69 Å². The lowest BCUT2D eigenvalue weighted by Gasteiger charge is -2.15. The zero-order chi connectivity index (χ0) is 13.7. The highest BCUT2D eigenvalue weighted by Gasteiger charge is 2.09. The molecule has 1 heterocycles. The molecule has 1 aromatic heterocycles. The number of aromatic nitrogens is 2. The largest absolute Gasteiger partial charge is 0.310 e. The van der Waals surface area contributed by atoms with Crippen molar-refractivity contribution in [2.75, 3.05) is 6.54 Å². The maximum Gasteiger partial charge on any atom is 0.0645 e. The van der Waals surface area contributed by atoms with E-state index in [0.29, 0.717) is 12.0 Å². The van der Waals surface area contributed by atoms with E-state index in [0.717, 1.165) is 12.2 Å². The Morgan fingerprint density at radius 2 is 1.95 bits per heavy atom. The summed E-state index contributed by atoms with van der Waals surface area (Å²) in [5.74, 6) is 0.714. The SMILES string of the molecule is CCC(C)CNC(C)c1cnn(-c2ccccc2)c1. The maximum atomic E-state index is 4.43. The molecule has 0 bridgehead atoms. The lowest BCUT2D eigenvalue weighted by Crippen LogP contribution is -2.23. The fourth-order valence-corrected chi connectivity index (χ4v) is 1.92. The fourth-order valence-electron chi connectivity index (χ4n) is 1.92. The molecular weight excluding hydrogens is 234 g/mol. The minimum absolute atomic E-state index is 0.339. The van der Waals surface area contributed by atoms with Crippen LogP contribution < -0.4 is 5.32 Å². The summed E-state index contributed by atoms with van der Waals surface area (Å²) in [6.45, 7) is 7.74. The summed E-state index contributed by atoms with van der Waals surface area (Å²) in [7, 11) is 0. The number of rotatable bonds is 6. The number of nitrogens with zero attached hydrogens (tertiary/aromatic N) is 2. The predicted molar refractivity (Wildman–Crippen MR) is 79.4 cm³/mol. The van der Waals surface area contributed by atoms with E-state index in [1.807, 2.05) is 29.1 Å². The van der Waals surface area contributed by atoms with Gasteiger partial charge in [0.15, 0.2) is 0 Å². The van der Waals surface area contributed by atoms with E-state index >= 15 is 0 Å². The van der Waals surface area contributed by atoms with Gasteiger partial charge in [0, 0.05) is 17.8 Å². The van der Waals surface area contributed by atoms with Crippen LogP contribution in [-0.4, -0.2) is 16.3 Å². The highest BCUT2D eigenvalue weighted by molar-refractivity contribution is 5.31. The van der Waals surface area contributed by atoms with Gasteiger partial charge in [0.2, 0.25) is 0 Å². The molecule has 0 amide bonds. The van der Waals surface area contributed by atoms with Gasteiger partial charge in [-0.3, -0.25) is 0 Å². The molecule has 0 spiro atoms. The molecular formula is C16H23N3. The summed E-state index contributed by atoms with van der Waals surface area (Å²) in [6, 6.07) is 10.5. The van der Waals surface area contributed by atoms with Crippen molar-refractivity contribution in [3.8, 4) is 5.69 Å². The summed E-state index contributed by atoms with van der Waals surface area (Å²) >= 11 is 0. The number of nitrogens with one attached hydrogen (secondary N) is 1. The van der Waals surface area contributed by atoms with Gasteiger partial charge in [-0.1, -0.05) is 38.5 Å². The Hall–Kier alpha value is -1.61. The Bertz CT molecular complexity index is 490. The molecule has 2 aromatic rings. The Morgan fingerprint density at radius 1 is 1.21 bits per heavy atom. The van der Waals surface area contributed by atoms with E-state index in [4.69, 9.17) is 0 Å². The van der Waals surface area contributed by atoms with Crippen LogP contribution >= 0.6 is 0 Å². The highest BCUT2D eigenvalue weighted by atomic mass is 15.3. The molecule has 102 valence electrons. The van der Waals surface area contributed by atoms with Gasteiger partial charge in [-0.15, -0.1) is 0 Å². The molecule has 1 aromatic carbocycles. The van der Waals surface area contributed by atoms with Crippen LogP contribution in [0.1, 0.15) is 38.8 Å². The monoisotopic (exact) mass is 257 g/mol. The molecule has 0 aliphatic carbocycles. The first kappa shape index (κ1) is 13.8. The van der Waals surface area contributed by atoms with Crippen LogP contribution in [0.3, 0.4) is 0 Å². The molecule has 0 radical (unpaired) electrons. The third kappa shape index (κ3) is 3.67. The molecule has 1 N–H and O–H groups in total. The van der Waals surface area contributed by atoms with E-state index in [1.54, 1.807) is 0 Å². The Labute approximate surface area is 115 Å². The zero-order valence-electron chi connectivity index (χ0n) is 12.0. The average molecular weight is 257 g/mol. The minimum Gasteiger partial charge on any atom is -0.310 e. The van der Waals surface area contributed by atoms with Crippen molar-refractivity contribution in [2.24, 2.45) is 5.92 Å². The van der Waals surface area contributed by atoms with Crippen molar-refractivity contribution >= 4 is 0 Å². The molecule has 2 atom stereocenters. The third-order valence-electron chi connectivity index (χ3n) is 3.59. The average Bonchev–Trinajstić information content (AvgIpc) is 2.95. The molecule has 19 heavy (non-hydrogen) atoms. The topological polar surface area (TPSA) is 29.9 Å². The van der Waals surface area contributed by atoms with Crippen molar-refractivity contribution in [1.82, 2.24) is 15.1 Å². The number of benzene rings is 1. The van der Waals surface area contributed by atoms with E-state index in [9.17, 15) is 0 Å². The Balaban J connectivity index is 2.01. The van der Waals surface area contributed by atoms with E-state index in [2.05, 4.69) is 49.5 Å².